The number of halogens is 1. The summed E-state index contributed by atoms with van der Waals surface area (Å²) < 4.78 is 22.7. The molecule has 0 aromatic heterocycles. The Morgan fingerprint density at radius 1 is 0.950 bits per heavy atom. The third-order valence-electron chi connectivity index (χ3n) is 2.76. The molecule has 1 aliphatic rings. The Labute approximate surface area is 126 Å². The van der Waals surface area contributed by atoms with Gasteiger partial charge in [0, 0.05) is 10.0 Å². The first kappa shape index (κ1) is 15.3. The van der Waals surface area contributed by atoms with E-state index in [1.807, 2.05) is 0 Å². The molecule has 1 aromatic rings. The highest BCUT2D eigenvalue weighted by atomic mass is 79.9. The van der Waals surface area contributed by atoms with Crippen molar-refractivity contribution < 1.29 is 23.7 Å². The number of ketones is 1. The quantitative estimate of drug-likeness (QED) is 0.732. The molecule has 6 heteroatoms. The van der Waals surface area contributed by atoms with Crippen molar-refractivity contribution in [2.24, 2.45) is 0 Å². The van der Waals surface area contributed by atoms with Crippen LogP contribution in [0.25, 0.3) is 0 Å². The third kappa shape index (κ3) is 4.19. The topological polar surface area (TPSA) is 54.0 Å². The van der Waals surface area contributed by atoms with Crippen LogP contribution in [0, 0.1) is 0 Å². The summed E-state index contributed by atoms with van der Waals surface area (Å²) in [6, 6.07) is 3.44. The zero-order chi connectivity index (χ0) is 14.4. The van der Waals surface area contributed by atoms with Gasteiger partial charge >= 0.3 is 0 Å². The molecular weight excluding hydrogens is 328 g/mol. The zero-order valence-electron chi connectivity index (χ0n) is 11.3. The van der Waals surface area contributed by atoms with Gasteiger partial charge < -0.3 is 18.9 Å². The van der Waals surface area contributed by atoms with Crippen molar-refractivity contribution in [1.29, 1.82) is 0 Å². The summed E-state index contributed by atoms with van der Waals surface area (Å²) in [4.78, 5) is 11.6. The highest BCUT2D eigenvalue weighted by molar-refractivity contribution is 9.10. The molecule has 0 amide bonds. The lowest BCUT2D eigenvalue weighted by molar-refractivity contribution is 0.0223. The molecule has 0 saturated carbocycles. The molecular formula is C14H17BrO5. The summed E-state index contributed by atoms with van der Waals surface area (Å²) in [5.74, 6) is 1.10. The Morgan fingerprint density at radius 2 is 1.45 bits per heavy atom. The van der Waals surface area contributed by atoms with Crippen molar-refractivity contribution in [3.8, 4) is 11.5 Å². The molecule has 1 heterocycles. The number of ether oxygens (including phenoxy) is 4. The Morgan fingerprint density at radius 3 is 2.00 bits per heavy atom. The smallest absolute Gasteiger partial charge is 0.162 e. The van der Waals surface area contributed by atoms with Crippen LogP contribution in [0.4, 0.5) is 0 Å². The average Bonchev–Trinajstić information content (AvgIpc) is 2.40. The number of hydrogen-bond acceptors (Lipinski definition) is 5. The predicted molar refractivity (Wildman–Crippen MR) is 76.8 cm³/mol. The van der Waals surface area contributed by atoms with Crippen molar-refractivity contribution in [3.63, 3.8) is 0 Å². The highest BCUT2D eigenvalue weighted by Crippen LogP contribution is 2.34. The zero-order valence-corrected chi connectivity index (χ0v) is 12.9. The first-order valence-electron chi connectivity index (χ1n) is 6.44. The average molecular weight is 345 g/mol. The Kier molecular flexibility index (Phi) is 5.82. The molecule has 20 heavy (non-hydrogen) atoms. The van der Waals surface area contributed by atoms with Gasteiger partial charge in [0.2, 0.25) is 0 Å². The van der Waals surface area contributed by atoms with Crippen molar-refractivity contribution in [1.82, 2.24) is 0 Å². The molecule has 0 atom stereocenters. The largest absolute Gasteiger partial charge is 0.487 e. The Hall–Kier alpha value is -1.11. The van der Waals surface area contributed by atoms with E-state index in [1.165, 1.54) is 6.92 Å². The molecule has 0 unspecified atom stereocenters. The molecule has 5 nitrogen and oxygen atoms in total. The van der Waals surface area contributed by atoms with Gasteiger partial charge in [-0.05, 0) is 35.0 Å². The summed E-state index contributed by atoms with van der Waals surface area (Å²) in [7, 11) is 0. The lowest BCUT2D eigenvalue weighted by Gasteiger charge is -2.16. The van der Waals surface area contributed by atoms with Gasteiger partial charge in [0.15, 0.2) is 17.3 Å². The van der Waals surface area contributed by atoms with Gasteiger partial charge in [-0.15, -0.1) is 0 Å². The van der Waals surface area contributed by atoms with Crippen molar-refractivity contribution in [2.75, 3.05) is 39.6 Å². The predicted octanol–water partition coefficient (Wildman–Crippen LogP) is 2.46. The minimum atomic E-state index is -0.0334. The maximum Gasteiger partial charge on any atom is 0.162 e. The fourth-order valence-corrected chi connectivity index (χ4v) is 2.38. The third-order valence-corrected chi connectivity index (χ3v) is 3.41. The lowest BCUT2D eigenvalue weighted by Crippen LogP contribution is -2.16. The summed E-state index contributed by atoms with van der Waals surface area (Å²) in [5.41, 5.74) is 0.566. The van der Waals surface area contributed by atoms with Crippen molar-refractivity contribution in [3.05, 3.63) is 22.2 Å². The van der Waals surface area contributed by atoms with E-state index in [9.17, 15) is 4.79 Å². The first-order chi connectivity index (χ1) is 9.68. The van der Waals surface area contributed by atoms with E-state index >= 15 is 0 Å². The van der Waals surface area contributed by atoms with E-state index in [0.717, 1.165) is 0 Å². The van der Waals surface area contributed by atoms with Crippen molar-refractivity contribution >= 4 is 21.7 Å². The van der Waals surface area contributed by atoms with Crippen LogP contribution >= 0.6 is 15.9 Å². The van der Waals surface area contributed by atoms with Crippen LogP contribution in [0.5, 0.6) is 11.5 Å². The van der Waals surface area contributed by atoms with Crippen LogP contribution < -0.4 is 9.47 Å². The van der Waals surface area contributed by atoms with E-state index in [4.69, 9.17) is 18.9 Å². The second-order valence-corrected chi connectivity index (χ2v) is 5.11. The number of carbonyl (C=O) groups is 1. The molecule has 0 N–H and O–H groups in total. The second-order valence-electron chi connectivity index (χ2n) is 4.26. The molecule has 1 aliphatic heterocycles. The number of fused-ring (bicyclic) bond motifs is 1. The van der Waals surface area contributed by atoms with Crippen LogP contribution in [0.15, 0.2) is 16.6 Å². The molecule has 1 aromatic carbocycles. The van der Waals surface area contributed by atoms with Crippen molar-refractivity contribution in [2.45, 2.75) is 6.92 Å². The fraction of sp³-hybridized carbons (Fsp3) is 0.500. The summed E-state index contributed by atoms with van der Waals surface area (Å²) in [5, 5.41) is 0. The van der Waals surface area contributed by atoms with Crippen LogP contribution in [0.1, 0.15) is 17.3 Å². The summed E-state index contributed by atoms with van der Waals surface area (Å²) in [6.45, 7) is 4.36. The van der Waals surface area contributed by atoms with E-state index in [2.05, 4.69) is 15.9 Å². The van der Waals surface area contributed by atoms with Gasteiger partial charge in [-0.25, -0.2) is 0 Å². The van der Waals surface area contributed by atoms with Gasteiger partial charge in [0.05, 0.1) is 26.4 Å². The Bertz CT molecular complexity index is 475. The van der Waals surface area contributed by atoms with Crippen LogP contribution in [-0.2, 0) is 9.47 Å². The van der Waals surface area contributed by atoms with Crippen LogP contribution in [0.2, 0.25) is 0 Å². The van der Waals surface area contributed by atoms with Gasteiger partial charge in [-0.3, -0.25) is 4.79 Å². The van der Waals surface area contributed by atoms with Gasteiger partial charge in [0.1, 0.15) is 13.2 Å². The van der Waals surface area contributed by atoms with E-state index < -0.39 is 0 Å². The van der Waals surface area contributed by atoms with Gasteiger partial charge in [-0.2, -0.15) is 0 Å². The molecule has 0 bridgehead atoms. The maximum atomic E-state index is 11.6. The number of hydrogen-bond donors (Lipinski definition) is 0. The van der Waals surface area contributed by atoms with Gasteiger partial charge in [0.25, 0.3) is 0 Å². The van der Waals surface area contributed by atoms with Gasteiger partial charge in [-0.1, -0.05) is 0 Å². The summed E-state index contributed by atoms with van der Waals surface area (Å²) in [6.07, 6.45) is 0. The standard InChI is InChI=1S/C14H17BrO5/c1-10(16)11-8-13-14(9-12(11)15)20-7-5-18-3-2-17-4-6-19-13/h8-9H,2-7H2,1H3. The molecule has 110 valence electrons. The van der Waals surface area contributed by atoms with Crippen LogP contribution in [0.3, 0.4) is 0 Å². The molecule has 0 fully saturated rings. The van der Waals surface area contributed by atoms with E-state index in [0.29, 0.717) is 61.2 Å². The molecule has 0 spiro atoms. The molecule has 0 radical (unpaired) electrons. The minimum Gasteiger partial charge on any atom is -0.487 e. The highest BCUT2D eigenvalue weighted by Gasteiger charge is 2.14. The SMILES string of the molecule is CC(=O)c1cc2c(cc1Br)OCCOCCOCCO2. The van der Waals surface area contributed by atoms with Crippen LogP contribution in [-0.4, -0.2) is 45.4 Å². The lowest BCUT2D eigenvalue weighted by atomic mass is 10.1. The minimum absolute atomic E-state index is 0.0334. The monoisotopic (exact) mass is 344 g/mol. The number of rotatable bonds is 1. The fourth-order valence-electron chi connectivity index (χ4n) is 1.77. The molecule has 2 rings (SSSR count). The molecule has 0 saturated heterocycles. The summed E-state index contributed by atoms with van der Waals surface area (Å²) >= 11 is 3.37. The number of benzene rings is 1. The van der Waals surface area contributed by atoms with E-state index in [-0.39, 0.29) is 5.78 Å². The molecule has 0 aliphatic carbocycles. The Balaban J connectivity index is 2.22. The number of Topliss-reactive ketones (excluding diaryl/α,β-unsaturated/α-hetero) is 1. The maximum absolute atomic E-state index is 11.6. The normalized spacial score (nSPS) is 16.9. The first-order valence-corrected chi connectivity index (χ1v) is 7.23. The number of carbonyl (C=O) groups excluding carboxylic acids is 1. The van der Waals surface area contributed by atoms with E-state index in [1.54, 1.807) is 12.1 Å². The second kappa shape index (κ2) is 7.61.